The molecule has 0 saturated heterocycles. The van der Waals surface area contributed by atoms with Crippen molar-refractivity contribution < 1.29 is 23.7 Å². The molecule has 0 bridgehead atoms. The van der Waals surface area contributed by atoms with Crippen LogP contribution in [0.5, 0.6) is 23.0 Å². The summed E-state index contributed by atoms with van der Waals surface area (Å²) >= 11 is 0. The molecule has 0 spiro atoms. The summed E-state index contributed by atoms with van der Waals surface area (Å²) in [6, 6.07) is 12.8. The Morgan fingerprint density at radius 2 is 1.70 bits per heavy atom. The number of rotatable bonds is 10. The predicted molar refractivity (Wildman–Crippen MR) is 115 cm³/mol. The standard InChI is InChI=1S/C23H26N2O5/c1-5-30-19-10-8-18(9-11-19)25(14-6-13-24)22(26)12-7-17-15-20(27-2)23(29-4)21(16-17)28-3/h7-12,15-16H,5-6,14H2,1-4H3/b12-7+. The molecule has 0 saturated carbocycles. The van der Waals surface area contributed by atoms with E-state index < -0.39 is 0 Å². The minimum atomic E-state index is -0.247. The highest BCUT2D eigenvalue weighted by atomic mass is 16.5. The number of hydrogen-bond donors (Lipinski definition) is 0. The van der Waals surface area contributed by atoms with E-state index in [4.69, 9.17) is 24.2 Å². The van der Waals surface area contributed by atoms with Crippen molar-refractivity contribution in [1.29, 1.82) is 5.26 Å². The zero-order valence-corrected chi connectivity index (χ0v) is 17.7. The average Bonchev–Trinajstić information content (AvgIpc) is 2.78. The minimum absolute atomic E-state index is 0.219. The summed E-state index contributed by atoms with van der Waals surface area (Å²) in [5, 5.41) is 8.96. The lowest BCUT2D eigenvalue weighted by Gasteiger charge is -2.20. The third kappa shape index (κ3) is 5.67. The summed E-state index contributed by atoms with van der Waals surface area (Å²) in [7, 11) is 4.60. The Kier molecular flexibility index (Phi) is 8.57. The Hall–Kier alpha value is -3.66. The van der Waals surface area contributed by atoms with Crippen LogP contribution >= 0.6 is 0 Å². The fraction of sp³-hybridized carbons (Fsp3) is 0.304. The van der Waals surface area contributed by atoms with Crippen molar-refractivity contribution in [3.8, 4) is 29.1 Å². The highest BCUT2D eigenvalue weighted by Gasteiger charge is 2.15. The van der Waals surface area contributed by atoms with Gasteiger partial charge in [0.2, 0.25) is 5.75 Å². The van der Waals surface area contributed by atoms with Crippen molar-refractivity contribution in [1.82, 2.24) is 0 Å². The molecule has 7 heteroatoms. The van der Waals surface area contributed by atoms with Crippen LogP contribution in [-0.4, -0.2) is 40.4 Å². The van der Waals surface area contributed by atoms with Crippen LogP contribution in [0.2, 0.25) is 0 Å². The first kappa shape index (κ1) is 22.6. The molecule has 158 valence electrons. The molecule has 2 aromatic rings. The summed E-state index contributed by atoms with van der Waals surface area (Å²) < 4.78 is 21.5. The Balaban J connectivity index is 2.28. The summed E-state index contributed by atoms with van der Waals surface area (Å²) in [6.45, 7) is 2.75. The molecule has 2 rings (SSSR count). The summed E-state index contributed by atoms with van der Waals surface area (Å²) in [4.78, 5) is 14.4. The first-order chi connectivity index (χ1) is 14.6. The molecule has 30 heavy (non-hydrogen) atoms. The molecule has 0 aromatic heterocycles. The molecule has 0 atom stereocenters. The molecule has 0 aliphatic rings. The lowest BCUT2D eigenvalue weighted by Crippen LogP contribution is -2.30. The van der Waals surface area contributed by atoms with Gasteiger partial charge in [0.25, 0.3) is 5.91 Å². The van der Waals surface area contributed by atoms with Gasteiger partial charge in [0, 0.05) is 18.3 Å². The fourth-order valence-corrected chi connectivity index (χ4v) is 2.87. The zero-order valence-electron chi connectivity index (χ0n) is 17.7. The summed E-state index contributed by atoms with van der Waals surface area (Å²) in [6.07, 6.45) is 3.34. The smallest absolute Gasteiger partial charge is 0.251 e. The van der Waals surface area contributed by atoms with Crippen molar-refractivity contribution in [2.75, 3.05) is 39.4 Å². The number of carbonyl (C=O) groups excluding carboxylic acids is 1. The van der Waals surface area contributed by atoms with Crippen LogP contribution in [0.1, 0.15) is 18.9 Å². The maximum absolute atomic E-state index is 12.9. The van der Waals surface area contributed by atoms with Gasteiger partial charge in [-0.25, -0.2) is 0 Å². The third-order valence-electron chi connectivity index (χ3n) is 4.28. The number of nitrogens with zero attached hydrogens (tertiary/aromatic N) is 2. The van der Waals surface area contributed by atoms with E-state index in [2.05, 4.69) is 6.07 Å². The summed E-state index contributed by atoms with van der Waals surface area (Å²) in [5.74, 6) is 1.95. The molecule has 0 unspecified atom stereocenters. The molecule has 2 aromatic carbocycles. The third-order valence-corrected chi connectivity index (χ3v) is 4.28. The molecular weight excluding hydrogens is 384 g/mol. The molecule has 0 fully saturated rings. The average molecular weight is 410 g/mol. The molecule has 1 amide bonds. The largest absolute Gasteiger partial charge is 0.494 e. The van der Waals surface area contributed by atoms with Crippen LogP contribution in [0.25, 0.3) is 6.08 Å². The van der Waals surface area contributed by atoms with Crippen LogP contribution in [0.4, 0.5) is 5.69 Å². The molecule has 0 N–H and O–H groups in total. The monoisotopic (exact) mass is 410 g/mol. The van der Waals surface area contributed by atoms with Crippen molar-refractivity contribution in [2.24, 2.45) is 0 Å². The van der Waals surface area contributed by atoms with E-state index in [0.717, 1.165) is 5.75 Å². The Morgan fingerprint density at radius 1 is 1.07 bits per heavy atom. The van der Waals surface area contributed by atoms with Gasteiger partial charge in [0.05, 0.1) is 40.4 Å². The number of ether oxygens (including phenoxy) is 4. The Labute approximate surface area is 177 Å². The normalized spacial score (nSPS) is 10.4. The van der Waals surface area contributed by atoms with Crippen LogP contribution in [0.3, 0.4) is 0 Å². The van der Waals surface area contributed by atoms with E-state index in [1.54, 1.807) is 47.4 Å². The quantitative estimate of drug-likeness (QED) is 0.549. The molecule has 0 aliphatic heterocycles. The van der Waals surface area contributed by atoms with Crippen LogP contribution in [0, 0.1) is 11.3 Å². The van der Waals surface area contributed by atoms with E-state index >= 15 is 0 Å². The van der Waals surface area contributed by atoms with Gasteiger partial charge in [-0.1, -0.05) is 0 Å². The van der Waals surface area contributed by atoms with Gasteiger partial charge in [-0.2, -0.15) is 5.26 Å². The summed E-state index contributed by atoms with van der Waals surface area (Å²) in [5.41, 5.74) is 1.40. The number of hydrogen-bond acceptors (Lipinski definition) is 6. The van der Waals surface area contributed by atoms with Gasteiger partial charge in [-0.05, 0) is 55.0 Å². The van der Waals surface area contributed by atoms with E-state index in [1.165, 1.54) is 27.4 Å². The van der Waals surface area contributed by atoms with E-state index in [-0.39, 0.29) is 18.9 Å². The topological polar surface area (TPSA) is 81.0 Å². The second kappa shape index (κ2) is 11.4. The Morgan fingerprint density at radius 3 is 2.20 bits per heavy atom. The molecule has 0 radical (unpaired) electrons. The highest BCUT2D eigenvalue weighted by Crippen LogP contribution is 2.38. The zero-order chi connectivity index (χ0) is 21.9. The van der Waals surface area contributed by atoms with Gasteiger partial charge in [0.1, 0.15) is 5.75 Å². The number of benzene rings is 2. The maximum atomic E-state index is 12.9. The lowest BCUT2D eigenvalue weighted by atomic mass is 10.1. The molecule has 7 nitrogen and oxygen atoms in total. The van der Waals surface area contributed by atoms with Crippen molar-refractivity contribution in [3.05, 3.63) is 48.0 Å². The number of carbonyl (C=O) groups is 1. The first-order valence-corrected chi connectivity index (χ1v) is 9.47. The predicted octanol–water partition coefficient (Wildman–Crippen LogP) is 4.07. The SMILES string of the molecule is CCOc1ccc(N(CCC#N)C(=O)/C=C/c2cc(OC)c(OC)c(OC)c2)cc1. The van der Waals surface area contributed by atoms with Crippen LogP contribution in [-0.2, 0) is 4.79 Å². The Bertz CT molecular complexity index is 891. The second-order valence-corrected chi connectivity index (χ2v) is 6.12. The number of methoxy groups -OCH3 is 3. The van der Waals surface area contributed by atoms with Gasteiger partial charge >= 0.3 is 0 Å². The van der Waals surface area contributed by atoms with Gasteiger partial charge in [-0.15, -0.1) is 0 Å². The number of nitriles is 1. The molecule has 0 aliphatic carbocycles. The fourth-order valence-electron chi connectivity index (χ4n) is 2.87. The molecular formula is C23H26N2O5. The van der Waals surface area contributed by atoms with Crippen molar-refractivity contribution in [3.63, 3.8) is 0 Å². The lowest BCUT2D eigenvalue weighted by molar-refractivity contribution is -0.114. The van der Waals surface area contributed by atoms with Gasteiger partial charge in [-0.3, -0.25) is 4.79 Å². The van der Waals surface area contributed by atoms with Crippen molar-refractivity contribution >= 4 is 17.7 Å². The van der Waals surface area contributed by atoms with Gasteiger partial charge in [0.15, 0.2) is 11.5 Å². The van der Waals surface area contributed by atoms with Gasteiger partial charge < -0.3 is 23.8 Å². The van der Waals surface area contributed by atoms with Crippen LogP contribution < -0.4 is 23.8 Å². The maximum Gasteiger partial charge on any atom is 0.251 e. The van der Waals surface area contributed by atoms with E-state index in [9.17, 15) is 4.79 Å². The number of amides is 1. The second-order valence-electron chi connectivity index (χ2n) is 6.12. The van der Waals surface area contributed by atoms with E-state index in [0.29, 0.717) is 35.1 Å². The van der Waals surface area contributed by atoms with E-state index in [1.807, 2.05) is 6.92 Å². The first-order valence-electron chi connectivity index (χ1n) is 9.47. The highest BCUT2D eigenvalue weighted by molar-refractivity contribution is 6.04. The minimum Gasteiger partial charge on any atom is -0.494 e. The molecule has 0 heterocycles. The number of anilines is 1. The van der Waals surface area contributed by atoms with Crippen molar-refractivity contribution in [2.45, 2.75) is 13.3 Å². The van der Waals surface area contributed by atoms with Crippen LogP contribution in [0.15, 0.2) is 42.5 Å².